The molecule has 33 heavy (non-hydrogen) atoms. The monoisotopic (exact) mass is 438 g/mol. The van der Waals surface area contributed by atoms with Gasteiger partial charge in [0.1, 0.15) is 0 Å². The van der Waals surface area contributed by atoms with Crippen LogP contribution in [0.15, 0.2) is 71.8 Å². The standard InChI is InChI=1S/C27H22N2O4/c1-32-20-12-11-15(13-21(20)33-2)14-28-29-26(30)24-22-16-7-3-4-8-17(16)23(25(24)27(29)31)19-10-6-5-9-18(19)22/h3-14,22-25H,1-2H3/b28-14-/t22?,23?,24-,25-/m1/s1. The Morgan fingerprint density at radius 3 is 1.67 bits per heavy atom. The van der Waals surface area contributed by atoms with Gasteiger partial charge in [-0.05, 0) is 46.0 Å². The summed E-state index contributed by atoms with van der Waals surface area (Å²) in [6.07, 6.45) is 1.53. The molecule has 3 aromatic carbocycles. The minimum Gasteiger partial charge on any atom is -0.493 e. The van der Waals surface area contributed by atoms with Crippen molar-refractivity contribution >= 4 is 18.0 Å². The van der Waals surface area contributed by atoms with Crippen LogP contribution in [0.1, 0.15) is 39.7 Å². The van der Waals surface area contributed by atoms with E-state index in [1.807, 2.05) is 24.3 Å². The highest BCUT2D eigenvalue weighted by atomic mass is 16.5. The van der Waals surface area contributed by atoms with E-state index in [1.54, 1.807) is 32.4 Å². The summed E-state index contributed by atoms with van der Waals surface area (Å²) < 4.78 is 10.6. The molecule has 1 saturated heterocycles. The van der Waals surface area contributed by atoms with Crippen molar-refractivity contribution in [3.05, 3.63) is 94.5 Å². The number of amides is 2. The van der Waals surface area contributed by atoms with E-state index >= 15 is 0 Å². The van der Waals surface area contributed by atoms with E-state index in [0.29, 0.717) is 17.1 Å². The van der Waals surface area contributed by atoms with Crippen molar-refractivity contribution in [1.82, 2.24) is 5.01 Å². The van der Waals surface area contributed by atoms with Gasteiger partial charge in [-0.1, -0.05) is 48.5 Å². The van der Waals surface area contributed by atoms with E-state index in [-0.39, 0.29) is 23.7 Å². The maximum Gasteiger partial charge on any atom is 0.254 e. The fourth-order valence-electron chi connectivity index (χ4n) is 5.83. The van der Waals surface area contributed by atoms with Gasteiger partial charge in [0.05, 0.1) is 32.3 Å². The highest BCUT2D eigenvalue weighted by Crippen LogP contribution is 2.60. The van der Waals surface area contributed by atoms with E-state index in [2.05, 4.69) is 29.4 Å². The second-order valence-electron chi connectivity index (χ2n) is 8.61. The van der Waals surface area contributed by atoms with Crippen molar-refractivity contribution in [2.45, 2.75) is 11.8 Å². The predicted octanol–water partition coefficient (Wildman–Crippen LogP) is 3.93. The van der Waals surface area contributed by atoms with Crippen molar-refractivity contribution in [3.8, 4) is 11.5 Å². The molecule has 2 atom stereocenters. The summed E-state index contributed by atoms with van der Waals surface area (Å²) in [5.41, 5.74) is 5.30. The zero-order valence-corrected chi connectivity index (χ0v) is 18.3. The van der Waals surface area contributed by atoms with E-state index < -0.39 is 11.8 Å². The van der Waals surface area contributed by atoms with E-state index in [1.165, 1.54) is 6.21 Å². The highest BCUT2D eigenvalue weighted by molar-refractivity contribution is 6.08. The number of ether oxygens (including phenoxy) is 2. The first-order valence-electron chi connectivity index (χ1n) is 11.0. The van der Waals surface area contributed by atoms with Gasteiger partial charge in [-0.25, -0.2) is 0 Å². The molecule has 2 bridgehead atoms. The van der Waals surface area contributed by atoms with Crippen LogP contribution in [-0.2, 0) is 9.59 Å². The zero-order valence-electron chi connectivity index (χ0n) is 18.3. The molecule has 0 radical (unpaired) electrons. The quantitative estimate of drug-likeness (QED) is 0.457. The fourth-order valence-corrected chi connectivity index (χ4v) is 5.83. The van der Waals surface area contributed by atoms with Crippen LogP contribution in [0.4, 0.5) is 0 Å². The molecule has 3 aromatic rings. The Morgan fingerprint density at radius 1 is 0.727 bits per heavy atom. The molecule has 1 aliphatic heterocycles. The highest BCUT2D eigenvalue weighted by Gasteiger charge is 2.61. The Labute approximate surface area is 191 Å². The first-order chi connectivity index (χ1) is 16.1. The molecule has 6 nitrogen and oxygen atoms in total. The van der Waals surface area contributed by atoms with Crippen LogP contribution in [0.2, 0.25) is 0 Å². The third kappa shape index (κ3) is 2.70. The molecule has 164 valence electrons. The van der Waals surface area contributed by atoms with Gasteiger partial charge >= 0.3 is 0 Å². The number of nitrogens with zero attached hydrogens (tertiary/aromatic N) is 2. The second kappa shape index (κ2) is 7.30. The molecule has 0 unspecified atom stereocenters. The molecule has 2 amide bonds. The predicted molar refractivity (Wildman–Crippen MR) is 123 cm³/mol. The van der Waals surface area contributed by atoms with Gasteiger partial charge in [0.2, 0.25) is 0 Å². The lowest BCUT2D eigenvalue weighted by Gasteiger charge is -2.45. The molecule has 0 saturated carbocycles. The molecule has 0 spiro atoms. The molecule has 0 aromatic heterocycles. The first-order valence-corrected chi connectivity index (χ1v) is 11.0. The van der Waals surface area contributed by atoms with Gasteiger partial charge in [0.15, 0.2) is 11.5 Å². The van der Waals surface area contributed by atoms with Crippen molar-refractivity contribution in [2.75, 3.05) is 14.2 Å². The Hall–Kier alpha value is -3.93. The molecular weight excluding hydrogens is 416 g/mol. The Bertz CT molecular complexity index is 1220. The number of carbonyl (C=O) groups is 2. The minimum atomic E-state index is -0.435. The summed E-state index contributed by atoms with van der Waals surface area (Å²) in [6, 6.07) is 21.7. The normalized spacial score (nSPS) is 24.6. The molecule has 1 fully saturated rings. The third-order valence-electron chi connectivity index (χ3n) is 7.16. The zero-order chi connectivity index (χ0) is 22.7. The van der Waals surface area contributed by atoms with Crippen molar-refractivity contribution in [3.63, 3.8) is 0 Å². The molecular formula is C27H22N2O4. The number of benzene rings is 3. The summed E-state index contributed by atoms with van der Waals surface area (Å²) in [6.45, 7) is 0. The summed E-state index contributed by atoms with van der Waals surface area (Å²) in [5.74, 6) is -0.458. The number of hydrazone groups is 1. The average Bonchev–Trinajstić information content (AvgIpc) is 3.12. The van der Waals surface area contributed by atoms with Gasteiger partial charge in [0, 0.05) is 11.8 Å². The van der Waals surface area contributed by atoms with Crippen LogP contribution in [0.25, 0.3) is 0 Å². The average molecular weight is 438 g/mol. The molecule has 7 rings (SSSR count). The molecule has 0 N–H and O–H groups in total. The number of rotatable bonds is 4. The summed E-state index contributed by atoms with van der Waals surface area (Å²) in [4.78, 5) is 27.1. The van der Waals surface area contributed by atoms with Crippen LogP contribution < -0.4 is 9.47 Å². The van der Waals surface area contributed by atoms with E-state index in [0.717, 1.165) is 27.3 Å². The van der Waals surface area contributed by atoms with Crippen LogP contribution in [0, 0.1) is 11.8 Å². The maximum absolute atomic E-state index is 13.6. The smallest absolute Gasteiger partial charge is 0.254 e. The van der Waals surface area contributed by atoms with E-state index in [4.69, 9.17) is 9.47 Å². The van der Waals surface area contributed by atoms with Gasteiger partial charge in [-0.2, -0.15) is 10.1 Å². The van der Waals surface area contributed by atoms with E-state index in [9.17, 15) is 9.59 Å². The third-order valence-corrected chi connectivity index (χ3v) is 7.16. The van der Waals surface area contributed by atoms with Gasteiger partial charge in [-0.15, -0.1) is 0 Å². The summed E-state index contributed by atoms with van der Waals surface area (Å²) in [7, 11) is 3.13. The SMILES string of the molecule is COc1ccc(/C=N\N2C(=O)[C@@H]3C4c5ccccc5C(c5ccccc54)[C@H]3C2=O)cc1OC. The van der Waals surface area contributed by atoms with Gasteiger partial charge in [0.25, 0.3) is 11.8 Å². The number of methoxy groups -OCH3 is 2. The molecule has 4 aliphatic rings. The first kappa shape index (κ1) is 19.7. The number of carbonyl (C=O) groups excluding carboxylic acids is 2. The van der Waals surface area contributed by atoms with Crippen LogP contribution in [0.3, 0.4) is 0 Å². The number of imide groups is 1. The van der Waals surface area contributed by atoms with Crippen LogP contribution >= 0.6 is 0 Å². The van der Waals surface area contributed by atoms with Crippen LogP contribution in [-0.4, -0.2) is 37.3 Å². The van der Waals surface area contributed by atoms with Gasteiger partial charge in [-0.3, -0.25) is 9.59 Å². The molecule has 1 heterocycles. The minimum absolute atomic E-state index is 0.134. The summed E-state index contributed by atoms with van der Waals surface area (Å²) in [5, 5.41) is 5.42. The molecule has 3 aliphatic carbocycles. The molecule has 6 heteroatoms. The Kier molecular flexibility index (Phi) is 4.37. The topological polar surface area (TPSA) is 68.2 Å². The lowest BCUT2D eigenvalue weighted by molar-refractivity contribution is -0.139. The lowest BCUT2D eigenvalue weighted by atomic mass is 9.55. The van der Waals surface area contributed by atoms with Crippen molar-refractivity contribution in [2.24, 2.45) is 16.9 Å². The van der Waals surface area contributed by atoms with Crippen molar-refractivity contribution < 1.29 is 19.1 Å². The van der Waals surface area contributed by atoms with Crippen molar-refractivity contribution in [1.29, 1.82) is 0 Å². The van der Waals surface area contributed by atoms with Gasteiger partial charge < -0.3 is 9.47 Å². The summed E-state index contributed by atoms with van der Waals surface area (Å²) >= 11 is 0. The number of hydrogen-bond acceptors (Lipinski definition) is 5. The Balaban J connectivity index is 1.40. The fraction of sp³-hybridized carbons (Fsp3) is 0.222. The Morgan fingerprint density at radius 2 is 1.21 bits per heavy atom. The van der Waals surface area contributed by atoms with Crippen LogP contribution in [0.5, 0.6) is 11.5 Å². The largest absolute Gasteiger partial charge is 0.493 e. The lowest BCUT2D eigenvalue weighted by Crippen LogP contribution is -2.41. The maximum atomic E-state index is 13.6. The number of hydrogen-bond donors (Lipinski definition) is 0. The second-order valence-corrected chi connectivity index (χ2v) is 8.61.